The predicted molar refractivity (Wildman–Crippen MR) is 113 cm³/mol. The molecule has 2 aromatic carbocycles. The second-order valence-corrected chi connectivity index (χ2v) is 7.27. The van der Waals surface area contributed by atoms with Crippen LogP contribution in [0.15, 0.2) is 42.5 Å². The third kappa shape index (κ3) is 6.30. The van der Waals surface area contributed by atoms with Crippen LogP contribution in [0.3, 0.4) is 0 Å². The standard InChI is InChI=1S/C22H29N3O3/c1-15-12-19(25(3)4)13-16(2)21(15)24-22(28)23-18(10-11-20(26)27)14-17-8-6-5-7-9-17/h5-9,12-13,18H,10-11,14H2,1-4H3,(H,26,27)(H2,23,24,28). The van der Waals surface area contributed by atoms with E-state index in [1.165, 1.54) is 0 Å². The Labute approximate surface area is 166 Å². The summed E-state index contributed by atoms with van der Waals surface area (Å²) in [4.78, 5) is 25.6. The number of hydrogen-bond acceptors (Lipinski definition) is 3. The number of aryl methyl sites for hydroxylation is 2. The first-order valence-corrected chi connectivity index (χ1v) is 9.38. The largest absolute Gasteiger partial charge is 0.481 e. The van der Waals surface area contributed by atoms with E-state index in [9.17, 15) is 9.59 Å². The number of amides is 2. The van der Waals surface area contributed by atoms with Crippen molar-refractivity contribution >= 4 is 23.4 Å². The molecular formula is C22H29N3O3. The molecule has 6 heteroatoms. The van der Waals surface area contributed by atoms with Gasteiger partial charge in [-0.15, -0.1) is 0 Å². The second kappa shape index (κ2) is 9.78. The fraction of sp³-hybridized carbons (Fsp3) is 0.364. The summed E-state index contributed by atoms with van der Waals surface area (Å²) in [6.45, 7) is 3.92. The Bertz CT molecular complexity index is 796. The molecule has 2 amide bonds. The minimum Gasteiger partial charge on any atom is -0.481 e. The van der Waals surface area contributed by atoms with Crippen molar-refractivity contribution in [2.24, 2.45) is 0 Å². The molecule has 0 saturated heterocycles. The highest BCUT2D eigenvalue weighted by molar-refractivity contribution is 5.91. The molecule has 0 saturated carbocycles. The summed E-state index contributed by atoms with van der Waals surface area (Å²) in [6, 6.07) is 13.2. The molecule has 0 aliphatic rings. The quantitative estimate of drug-likeness (QED) is 0.644. The molecule has 0 aliphatic carbocycles. The van der Waals surface area contributed by atoms with E-state index in [0.29, 0.717) is 12.8 Å². The van der Waals surface area contributed by atoms with Gasteiger partial charge in [0.25, 0.3) is 0 Å². The van der Waals surface area contributed by atoms with Crippen LogP contribution in [0, 0.1) is 13.8 Å². The first-order chi connectivity index (χ1) is 13.3. The number of rotatable bonds is 8. The summed E-state index contributed by atoms with van der Waals surface area (Å²) >= 11 is 0. The van der Waals surface area contributed by atoms with Gasteiger partial charge in [0.05, 0.1) is 0 Å². The molecule has 1 unspecified atom stereocenters. The highest BCUT2D eigenvalue weighted by Gasteiger charge is 2.16. The normalized spacial score (nSPS) is 11.6. The van der Waals surface area contributed by atoms with Crippen molar-refractivity contribution in [3.05, 3.63) is 59.2 Å². The second-order valence-electron chi connectivity index (χ2n) is 7.27. The third-order valence-corrected chi connectivity index (χ3v) is 4.64. The number of nitrogens with zero attached hydrogens (tertiary/aromatic N) is 1. The maximum absolute atomic E-state index is 12.6. The Morgan fingerprint density at radius 2 is 1.68 bits per heavy atom. The Morgan fingerprint density at radius 1 is 1.07 bits per heavy atom. The van der Waals surface area contributed by atoms with Crippen LogP contribution in [-0.2, 0) is 11.2 Å². The minimum absolute atomic E-state index is 0.00731. The molecular weight excluding hydrogens is 354 g/mol. The fourth-order valence-electron chi connectivity index (χ4n) is 3.15. The number of nitrogens with one attached hydrogen (secondary N) is 2. The van der Waals surface area contributed by atoms with Crippen LogP contribution in [-0.4, -0.2) is 37.2 Å². The van der Waals surface area contributed by atoms with Crippen molar-refractivity contribution in [2.45, 2.75) is 39.2 Å². The summed E-state index contributed by atoms with van der Waals surface area (Å²) in [5.41, 5.74) is 4.86. The minimum atomic E-state index is -0.869. The molecule has 28 heavy (non-hydrogen) atoms. The molecule has 0 fully saturated rings. The van der Waals surface area contributed by atoms with Gasteiger partial charge in [-0.25, -0.2) is 4.79 Å². The number of carboxylic acids is 1. The van der Waals surface area contributed by atoms with Gasteiger partial charge >= 0.3 is 12.0 Å². The van der Waals surface area contributed by atoms with Crippen LogP contribution >= 0.6 is 0 Å². The van der Waals surface area contributed by atoms with Crippen LogP contribution in [0.25, 0.3) is 0 Å². The van der Waals surface area contributed by atoms with Gasteiger partial charge in [0.15, 0.2) is 0 Å². The number of aliphatic carboxylic acids is 1. The van der Waals surface area contributed by atoms with Crippen LogP contribution in [0.4, 0.5) is 16.2 Å². The summed E-state index contributed by atoms with van der Waals surface area (Å²) in [5.74, 6) is -0.869. The molecule has 0 heterocycles. The van der Waals surface area contributed by atoms with Crippen molar-refractivity contribution < 1.29 is 14.7 Å². The molecule has 150 valence electrons. The molecule has 1 atom stereocenters. The van der Waals surface area contributed by atoms with Crippen molar-refractivity contribution in [2.75, 3.05) is 24.3 Å². The van der Waals surface area contributed by atoms with Crippen LogP contribution in [0.2, 0.25) is 0 Å². The van der Waals surface area contributed by atoms with E-state index >= 15 is 0 Å². The molecule has 0 bridgehead atoms. The number of carbonyl (C=O) groups excluding carboxylic acids is 1. The zero-order chi connectivity index (χ0) is 20.7. The lowest BCUT2D eigenvalue weighted by atomic mass is 10.0. The van der Waals surface area contributed by atoms with E-state index in [2.05, 4.69) is 10.6 Å². The molecule has 0 radical (unpaired) electrons. The van der Waals surface area contributed by atoms with Gasteiger partial charge in [0.1, 0.15) is 0 Å². The van der Waals surface area contributed by atoms with Gasteiger partial charge in [0.2, 0.25) is 0 Å². The molecule has 0 aliphatic heterocycles. The van der Waals surface area contributed by atoms with Crippen molar-refractivity contribution in [3.8, 4) is 0 Å². The van der Waals surface area contributed by atoms with Crippen molar-refractivity contribution in [3.63, 3.8) is 0 Å². The monoisotopic (exact) mass is 383 g/mol. The molecule has 2 aromatic rings. The molecule has 0 aromatic heterocycles. The summed E-state index contributed by atoms with van der Waals surface area (Å²) in [7, 11) is 3.95. The maximum atomic E-state index is 12.6. The summed E-state index contributed by atoms with van der Waals surface area (Å²) < 4.78 is 0. The van der Waals surface area contributed by atoms with E-state index in [1.54, 1.807) is 0 Å². The van der Waals surface area contributed by atoms with Crippen molar-refractivity contribution in [1.82, 2.24) is 5.32 Å². The Balaban J connectivity index is 2.09. The van der Waals surface area contributed by atoms with Gasteiger partial charge in [0, 0.05) is 37.9 Å². The lowest BCUT2D eigenvalue weighted by molar-refractivity contribution is -0.137. The number of carboxylic acid groups (broad SMARTS) is 1. The molecule has 6 nitrogen and oxygen atoms in total. The predicted octanol–water partition coefficient (Wildman–Crippen LogP) is 3.97. The first-order valence-electron chi connectivity index (χ1n) is 9.38. The Morgan fingerprint density at radius 3 is 2.21 bits per heavy atom. The van der Waals surface area contributed by atoms with E-state index in [-0.39, 0.29) is 18.5 Å². The Kier molecular flexibility index (Phi) is 7.44. The first kappa shape index (κ1) is 21.3. The highest BCUT2D eigenvalue weighted by atomic mass is 16.4. The van der Waals surface area contributed by atoms with Gasteiger partial charge < -0.3 is 20.6 Å². The number of carbonyl (C=O) groups is 2. The lowest BCUT2D eigenvalue weighted by Gasteiger charge is -2.21. The number of hydrogen-bond donors (Lipinski definition) is 3. The van der Waals surface area contributed by atoms with Gasteiger partial charge in [-0.05, 0) is 55.5 Å². The van der Waals surface area contributed by atoms with E-state index in [0.717, 1.165) is 28.1 Å². The van der Waals surface area contributed by atoms with E-state index in [1.807, 2.05) is 75.3 Å². The zero-order valence-electron chi connectivity index (χ0n) is 17.0. The van der Waals surface area contributed by atoms with Crippen LogP contribution in [0.5, 0.6) is 0 Å². The van der Waals surface area contributed by atoms with Crippen LogP contribution in [0.1, 0.15) is 29.5 Å². The number of urea groups is 1. The average molecular weight is 383 g/mol. The topological polar surface area (TPSA) is 81.7 Å². The van der Waals surface area contributed by atoms with Gasteiger partial charge in [-0.1, -0.05) is 30.3 Å². The fourth-order valence-corrected chi connectivity index (χ4v) is 3.15. The van der Waals surface area contributed by atoms with Crippen LogP contribution < -0.4 is 15.5 Å². The summed E-state index contributed by atoms with van der Waals surface area (Å²) in [5, 5.41) is 14.9. The SMILES string of the molecule is Cc1cc(N(C)C)cc(C)c1NC(=O)NC(CCC(=O)O)Cc1ccccc1. The lowest BCUT2D eigenvalue weighted by Crippen LogP contribution is -2.40. The highest BCUT2D eigenvalue weighted by Crippen LogP contribution is 2.26. The maximum Gasteiger partial charge on any atom is 0.319 e. The van der Waals surface area contributed by atoms with Crippen molar-refractivity contribution in [1.29, 1.82) is 0 Å². The molecule has 3 N–H and O–H groups in total. The van der Waals surface area contributed by atoms with E-state index < -0.39 is 5.97 Å². The Hall–Kier alpha value is -3.02. The van der Waals surface area contributed by atoms with E-state index in [4.69, 9.17) is 5.11 Å². The smallest absolute Gasteiger partial charge is 0.319 e. The molecule has 0 spiro atoms. The molecule has 2 rings (SSSR count). The number of benzene rings is 2. The third-order valence-electron chi connectivity index (χ3n) is 4.64. The number of anilines is 2. The summed E-state index contributed by atoms with van der Waals surface area (Å²) in [6.07, 6.45) is 0.960. The zero-order valence-corrected chi connectivity index (χ0v) is 17.0. The average Bonchev–Trinajstić information content (AvgIpc) is 2.63. The van der Waals surface area contributed by atoms with Gasteiger partial charge in [-0.2, -0.15) is 0 Å². The van der Waals surface area contributed by atoms with Gasteiger partial charge in [-0.3, -0.25) is 4.79 Å².